The lowest BCUT2D eigenvalue weighted by Gasteiger charge is -2.29. The van der Waals surface area contributed by atoms with Crippen LogP contribution in [0.2, 0.25) is 0 Å². The van der Waals surface area contributed by atoms with E-state index in [0.29, 0.717) is 18.6 Å². The molecule has 22 heavy (non-hydrogen) atoms. The number of H-pyrrole nitrogens is 1. The van der Waals surface area contributed by atoms with Gasteiger partial charge in [-0.15, -0.1) is 0 Å². The first-order valence-corrected chi connectivity index (χ1v) is 7.41. The fraction of sp³-hybridized carbons (Fsp3) is 0.471. The summed E-state index contributed by atoms with van der Waals surface area (Å²) in [6.45, 7) is 6.27. The van der Waals surface area contributed by atoms with Gasteiger partial charge in [0.25, 0.3) is 5.91 Å². The fourth-order valence-corrected chi connectivity index (χ4v) is 2.68. The number of hydrogen-bond acceptors (Lipinski definition) is 3. The van der Waals surface area contributed by atoms with Gasteiger partial charge in [-0.3, -0.25) is 4.79 Å². The van der Waals surface area contributed by atoms with Gasteiger partial charge in [0.2, 0.25) is 0 Å². The molecular weight excluding hydrogens is 280 g/mol. The monoisotopic (exact) mass is 304 g/mol. The lowest BCUT2D eigenvalue weighted by atomic mass is 9.98. The molecule has 5 heteroatoms. The molecule has 1 aromatic carbocycles. The summed E-state index contributed by atoms with van der Waals surface area (Å²) in [6, 6.07) is 5.62. The first kappa shape index (κ1) is 16.5. The molecule has 0 bridgehead atoms. The van der Waals surface area contributed by atoms with E-state index in [1.807, 2.05) is 32.9 Å². The van der Waals surface area contributed by atoms with E-state index < -0.39 is 5.54 Å². The number of aryl methyl sites for hydroxylation is 2. The molecule has 0 aliphatic heterocycles. The fourth-order valence-electron chi connectivity index (χ4n) is 2.68. The summed E-state index contributed by atoms with van der Waals surface area (Å²) in [5.74, 6) is -0.159. The SMILES string of the molecule is COCC(C)(CCO)NC(=O)c1ccc2[nH]c(C)c(C)c2c1. The van der Waals surface area contributed by atoms with E-state index >= 15 is 0 Å². The number of rotatable bonds is 6. The smallest absolute Gasteiger partial charge is 0.251 e. The predicted molar refractivity (Wildman–Crippen MR) is 87.2 cm³/mol. The zero-order valence-electron chi connectivity index (χ0n) is 13.6. The van der Waals surface area contributed by atoms with Gasteiger partial charge < -0.3 is 20.1 Å². The molecule has 0 saturated heterocycles. The van der Waals surface area contributed by atoms with Crippen LogP contribution in [0, 0.1) is 13.8 Å². The van der Waals surface area contributed by atoms with Crippen molar-refractivity contribution in [1.29, 1.82) is 0 Å². The van der Waals surface area contributed by atoms with Crippen molar-refractivity contribution in [1.82, 2.24) is 10.3 Å². The van der Waals surface area contributed by atoms with Gasteiger partial charge in [0, 0.05) is 35.9 Å². The lowest BCUT2D eigenvalue weighted by molar-refractivity contribution is 0.0726. The molecule has 1 atom stereocenters. The van der Waals surface area contributed by atoms with Crippen LogP contribution in [-0.4, -0.2) is 41.9 Å². The standard InChI is InChI=1S/C17H24N2O3/c1-11-12(2)18-15-6-5-13(9-14(11)15)16(21)19-17(3,7-8-20)10-22-4/h5-6,9,18,20H,7-8,10H2,1-4H3,(H,19,21). The Bertz CT molecular complexity index is 670. The van der Waals surface area contributed by atoms with Gasteiger partial charge in [-0.2, -0.15) is 0 Å². The Hall–Kier alpha value is -1.85. The second-order valence-corrected chi connectivity index (χ2v) is 6.06. The molecule has 1 aromatic heterocycles. The second-order valence-electron chi connectivity index (χ2n) is 6.06. The van der Waals surface area contributed by atoms with E-state index in [9.17, 15) is 9.90 Å². The van der Waals surface area contributed by atoms with Crippen LogP contribution in [0.15, 0.2) is 18.2 Å². The maximum atomic E-state index is 12.5. The molecule has 0 fully saturated rings. The largest absolute Gasteiger partial charge is 0.396 e. The second kappa shape index (κ2) is 6.50. The minimum Gasteiger partial charge on any atom is -0.396 e. The highest BCUT2D eigenvalue weighted by Gasteiger charge is 2.26. The molecule has 1 amide bonds. The Morgan fingerprint density at radius 1 is 1.41 bits per heavy atom. The minimum absolute atomic E-state index is 0.00467. The van der Waals surface area contributed by atoms with Crippen LogP contribution in [0.4, 0.5) is 0 Å². The third-order valence-electron chi connectivity index (χ3n) is 4.11. The van der Waals surface area contributed by atoms with Gasteiger partial charge in [0.05, 0.1) is 12.1 Å². The molecule has 1 heterocycles. The molecule has 0 radical (unpaired) electrons. The molecule has 0 spiro atoms. The number of benzene rings is 1. The van der Waals surface area contributed by atoms with Gasteiger partial charge in [0.15, 0.2) is 0 Å². The molecule has 2 aromatic rings. The Labute approximate surface area is 130 Å². The summed E-state index contributed by atoms with van der Waals surface area (Å²) in [5, 5.41) is 13.2. The molecule has 2 rings (SSSR count). The number of hydrogen-bond donors (Lipinski definition) is 3. The molecule has 5 nitrogen and oxygen atoms in total. The summed E-state index contributed by atoms with van der Waals surface area (Å²) in [7, 11) is 1.58. The lowest BCUT2D eigenvalue weighted by Crippen LogP contribution is -2.50. The Balaban J connectivity index is 2.27. The molecule has 0 saturated carbocycles. The van der Waals surface area contributed by atoms with Crippen molar-refractivity contribution in [3.63, 3.8) is 0 Å². The molecule has 0 aliphatic carbocycles. The van der Waals surface area contributed by atoms with Gasteiger partial charge in [-0.05, 0) is 51.0 Å². The van der Waals surface area contributed by atoms with Crippen LogP contribution < -0.4 is 5.32 Å². The number of ether oxygens (including phenoxy) is 1. The molecule has 0 aliphatic rings. The van der Waals surface area contributed by atoms with Crippen molar-refractivity contribution in [2.24, 2.45) is 0 Å². The molecule has 1 unspecified atom stereocenters. The highest BCUT2D eigenvalue weighted by atomic mass is 16.5. The summed E-state index contributed by atoms with van der Waals surface area (Å²) in [4.78, 5) is 15.8. The summed E-state index contributed by atoms with van der Waals surface area (Å²) >= 11 is 0. The maximum absolute atomic E-state index is 12.5. The Morgan fingerprint density at radius 2 is 2.14 bits per heavy atom. The number of fused-ring (bicyclic) bond motifs is 1. The first-order chi connectivity index (χ1) is 10.4. The quantitative estimate of drug-likeness (QED) is 0.766. The zero-order valence-corrected chi connectivity index (χ0v) is 13.6. The van der Waals surface area contributed by atoms with Crippen LogP contribution in [0.25, 0.3) is 10.9 Å². The molecule has 120 valence electrons. The summed E-state index contributed by atoms with van der Waals surface area (Å²) in [6.07, 6.45) is 0.442. The van der Waals surface area contributed by atoms with E-state index in [0.717, 1.165) is 22.2 Å². The average Bonchev–Trinajstić information content (AvgIpc) is 2.74. The molecular formula is C17H24N2O3. The van der Waals surface area contributed by atoms with Crippen molar-refractivity contribution in [3.8, 4) is 0 Å². The number of methoxy groups -OCH3 is 1. The van der Waals surface area contributed by atoms with E-state index in [2.05, 4.69) is 10.3 Å². The van der Waals surface area contributed by atoms with Crippen molar-refractivity contribution in [2.75, 3.05) is 20.3 Å². The van der Waals surface area contributed by atoms with Crippen molar-refractivity contribution in [3.05, 3.63) is 35.0 Å². The third-order valence-corrected chi connectivity index (χ3v) is 4.11. The van der Waals surface area contributed by atoms with Gasteiger partial charge in [-0.25, -0.2) is 0 Å². The first-order valence-electron chi connectivity index (χ1n) is 7.41. The van der Waals surface area contributed by atoms with Gasteiger partial charge in [-0.1, -0.05) is 0 Å². The van der Waals surface area contributed by atoms with E-state index in [4.69, 9.17) is 4.74 Å². The number of nitrogens with one attached hydrogen (secondary N) is 2. The zero-order chi connectivity index (χ0) is 16.3. The number of carbonyl (C=O) groups is 1. The normalized spacial score (nSPS) is 14.0. The number of aromatic nitrogens is 1. The van der Waals surface area contributed by atoms with Crippen molar-refractivity contribution in [2.45, 2.75) is 32.7 Å². The van der Waals surface area contributed by atoms with Crippen LogP contribution >= 0.6 is 0 Å². The van der Waals surface area contributed by atoms with Crippen LogP contribution in [0.1, 0.15) is 35.0 Å². The van der Waals surface area contributed by atoms with E-state index in [-0.39, 0.29) is 12.5 Å². The van der Waals surface area contributed by atoms with Gasteiger partial charge >= 0.3 is 0 Å². The molecule has 3 N–H and O–H groups in total. The van der Waals surface area contributed by atoms with Crippen LogP contribution in [-0.2, 0) is 4.74 Å². The number of amides is 1. The van der Waals surface area contributed by atoms with E-state index in [1.165, 1.54) is 0 Å². The summed E-state index contributed by atoms with van der Waals surface area (Å²) < 4.78 is 5.16. The predicted octanol–water partition coefficient (Wildman–Crippen LogP) is 2.30. The number of aliphatic hydroxyl groups is 1. The Kier molecular flexibility index (Phi) is 4.88. The average molecular weight is 304 g/mol. The number of carbonyl (C=O) groups excluding carboxylic acids is 1. The van der Waals surface area contributed by atoms with Crippen LogP contribution in [0.3, 0.4) is 0 Å². The number of aliphatic hydroxyl groups excluding tert-OH is 1. The highest BCUT2D eigenvalue weighted by Crippen LogP contribution is 2.23. The van der Waals surface area contributed by atoms with Crippen LogP contribution in [0.5, 0.6) is 0 Å². The van der Waals surface area contributed by atoms with E-state index in [1.54, 1.807) is 13.2 Å². The maximum Gasteiger partial charge on any atom is 0.251 e. The van der Waals surface area contributed by atoms with Crippen molar-refractivity contribution < 1.29 is 14.6 Å². The minimum atomic E-state index is -0.585. The van der Waals surface area contributed by atoms with Crippen molar-refractivity contribution >= 4 is 16.8 Å². The topological polar surface area (TPSA) is 74.3 Å². The summed E-state index contributed by atoms with van der Waals surface area (Å²) in [5.41, 5.74) is 3.31. The third kappa shape index (κ3) is 3.31. The highest BCUT2D eigenvalue weighted by molar-refractivity contribution is 5.99. The van der Waals surface area contributed by atoms with Gasteiger partial charge in [0.1, 0.15) is 0 Å². The number of aromatic amines is 1. The Morgan fingerprint density at radius 3 is 2.77 bits per heavy atom.